The van der Waals surface area contributed by atoms with Crippen molar-refractivity contribution in [3.63, 3.8) is 0 Å². The quantitative estimate of drug-likeness (QED) is 0.684. The first kappa shape index (κ1) is 21.5. The lowest BCUT2D eigenvalue weighted by molar-refractivity contribution is 0.0946. The van der Waals surface area contributed by atoms with Gasteiger partial charge in [0.05, 0.1) is 10.5 Å². The highest BCUT2D eigenvalue weighted by Gasteiger charge is 2.24. The van der Waals surface area contributed by atoms with Crippen LogP contribution in [0.25, 0.3) is 0 Å². The fraction of sp³-hybridized carbons (Fsp3) is 0.278. The third-order valence-electron chi connectivity index (χ3n) is 3.97. The lowest BCUT2D eigenvalue weighted by Crippen LogP contribution is -2.31. The van der Waals surface area contributed by atoms with Gasteiger partial charge < -0.3 is 5.32 Å². The summed E-state index contributed by atoms with van der Waals surface area (Å²) >= 11 is 3.24. The molecule has 9 heteroatoms. The SMILES string of the molecule is CCN(CC)S(=O)(=O)c1ccc(F)c(C(=O)NCc2cc(F)ccc2Br)c1. The number of rotatable bonds is 7. The standard InChI is InChI=1S/C18H19BrF2N2O3S/c1-3-23(4-2)27(25,26)14-6-8-17(21)15(10-14)18(24)22-11-12-9-13(20)5-7-16(12)19/h5-10H,3-4,11H2,1-2H3,(H,22,24). The molecule has 0 aliphatic carbocycles. The first-order valence-corrected chi connectivity index (χ1v) is 10.5. The van der Waals surface area contributed by atoms with E-state index in [-0.39, 0.29) is 24.5 Å². The number of amides is 1. The van der Waals surface area contributed by atoms with Crippen molar-refractivity contribution in [3.05, 3.63) is 63.6 Å². The van der Waals surface area contributed by atoms with Crippen LogP contribution in [0, 0.1) is 11.6 Å². The molecule has 0 heterocycles. The Bertz CT molecular complexity index is 948. The molecule has 0 bridgehead atoms. The van der Waals surface area contributed by atoms with Crippen LogP contribution < -0.4 is 5.32 Å². The van der Waals surface area contributed by atoms with Gasteiger partial charge in [-0.3, -0.25) is 4.79 Å². The van der Waals surface area contributed by atoms with Crippen molar-refractivity contribution < 1.29 is 22.0 Å². The summed E-state index contributed by atoms with van der Waals surface area (Å²) in [5.41, 5.74) is 0.0754. The summed E-state index contributed by atoms with van der Waals surface area (Å²) in [4.78, 5) is 12.2. The molecular formula is C18H19BrF2N2O3S. The molecule has 27 heavy (non-hydrogen) atoms. The zero-order valence-electron chi connectivity index (χ0n) is 14.8. The van der Waals surface area contributed by atoms with Crippen LogP contribution in [0.4, 0.5) is 8.78 Å². The molecule has 2 aromatic carbocycles. The van der Waals surface area contributed by atoms with Gasteiger partial charge in [0.2, 0.25) is 10.0 Å². The second-order valence-corrected chi connectivity index (χ2v) is 8.44. The summed E-state index contributed by atoms with van der Waals surface area (Å²) in [6, 6.07) is 7.08. The molecule has 0 radical (unpaired) electrons. The molecule has 0 aliphatic rings. The van der Waals surface area contributed by atoms with Gasteiger partial charge in [-0.1, -0.05) is 29.8 Å². The fourth-order valence-corrected chi connectivity index (χ4v) is 4.37. The van der Waals surface area contributed by atoms with Crippen LogP contribution in [0.1, 0.15) is 29.8 Å². The number of carbonyl (C=O) groups is 1. The van der Waals surface area contributed by atoms with Crippen molar-refractivity contribution >= 4 is 31.9 Å². The predicted molar refractivity (Wildman–Crippen MR) is 102 cm³/mol. The lowest BCUT2D eigenvalue weighted by Gasteiger charge is -2.19. The molecule has 0 unspecified atom stereocenters. The maximum atomic E-state index is 14.1. The minimum atomic E-state index is -3.82. The Morgan fingerprint density at radius 3 is 2.41 bits per heavy atom. The number of sulfonamides is 1. The van der Waals surface area contributed by atoms with Crippen molar-refractivity contribution in [2.24, 2.45) is 0 Å². The predicted octanol–water partition coefficient (Wildman–Crippen LogP) is 3.69. The minimum Gasteiger partial charge on any atom is -0.348 e. The zero-order valence-corrected chi connectivity index (χ0v) is 17.2. The largest absolute Gasteiger partial charge is 0.348 e. The van der Waals surface area contributed by atoms with Crippen molar-refractivity contribution in [1.29, 1.82) is 0 Å². The van der Waals surface area contributed by atoms with Gasteiger partial charge >= 0.3 is 0 Å². The summed E-state index contributed by atoms with van der Waals surface area (Å²) in [5, 5.41) is 2.48. The van der Waals surface area contributed by atoms with E-state index in [1.54, 1.807) is 13.8 Å². The molecule has 0 aromatic heterocycles. The van der Waals surface area contributed by atoms with Crippen LogP contribution in [-0.2, 0) is 16.6 Å². The smallest absolute Gasteiger partial charge is 0.254 e. The number of nitrogens with zero attached hydrogens (tertiary/aromatic N) is 1. The number of halogens is 3. The molecule has 1 amide bonds. The Morgan fingerprint density at radius 1 is 1.11 bits per heavy atom. The molecule has 0 saturated carbocycles. The van der Waals surface area contributed by atoms with Crippen LogP contribution >= 0.6 is 15.9 Å². The number of benzene rings is 2. The van der Waals surface area contributed by atoms with Crippen molar-refractivity contribution in [2.45, 2.75) is 25.3 Å². The molecule has 1 N–H and O–H groups in total. The minimum absolute atomic E-state index is 0.0519. The van der Waals surface area contributed by atoms with Crippen molar-refractivity contribution in [3.8, 4) is 0 Å². The van der Waals surface area contributed by atoms with Gasteiger partial charge in [0.1, 0.15) is 11.6 Å². The highest BCUT2D eigenvalue weighted by molar-refractivity contribution is 9.10. The zero-order chi connectivity index (χ0) is 20.2. The number of hydrogen-bond acceptors (Lipinski definition) is 3. The molecule has 2 rings (SSSR count). The number of nitrogens with one attached hydrogen (secondary N) is 1. The molecule has 146 valence electrons. The van der Waals surface area contributed by atoms with Crippen LogP contribution in [0.5, 0.6) is 0 Å². The van der Waals surface area contributed by atoms with Gasteiger partial charge in [-0.25, -0.2) is 17.2 Å². The van der Waals surface area contributed by atoms with Crippen LogP contribution in [0.15, 0.2) is 45.8 Å². The first-order chi connectivity index (χ1) is 12.7. The maximum Gasteiger partial charge on any atom is 0.254 e. The number of carbonyl (C=O) groups excluding carboxylic acids is 1. The van der Waals surface area contributed by atoms with Crippen LogP contribution in [-0.4, -0.2) is 31.7 Å². The van der Waals surface area contributed by atoms with Gasteiger partial charge in [0.25, 0.3) is 5.91 Å². The molecular weight excluding hydrogens is 442 g/mol. The third-order valence-corrected chi connectivity index (χ3v) is 6.79. The van der Waals surface area contributed by atoms with Crippen LogP contribution in [0.2, 0.25) is 0 Å². The number of hydrogen-bond donors (Lipinski definition) is 1. The van der Waals surface area contributed by atoms with Crippen LogP contribution in [0.3, 0.4) is 0 Å². The van der Waals surface area contributed by atoms with Gasteiger partial charge in [-0.2, -0.15) is 4.31 Å². The van der Waals surface area contributed by atoms with E-state index in [1.807, 2.05) is 0 Å². The van der Waals surface area contributed by atoms with Gasteiger partial charge in [0, 0.05) is 24.1 Å². The van der Waals surface area contributed by atoms with E-state index in [4.69, 9.17) is 0 Å². The molecule has 5 nitrogen and oxygen atoms in total. The summed E-state index contributed by atoms with van der Waals surface area (Å²) in [5.74, 6) is -2.11. The normalized spacial score (nSPS) is 11.6. The van der Waals surface area contributed by atoms with E-state index in [1.165, 1.54) is 22.5 Å². The van der Waals surface area contributed by atoms with Gasteiger partial charge in [-0.05, 0) is 42.0 Å². The molecule has 2 aromatic rings. The first-order valence-electron chi connectivity index (χ1n) is 8.22. The van der Waals surface area contributed by atoms with Crippen molar-refractivity contribution in [1.82, 2.24) is 9.62 Å². The Kier molecular flexibility index (Phi) is 7.07. The van der Waals surface area contributed by atoms with E-state index in [0.29, 0.717) is 10.0 Å². The van der Waals surface area contributed by atoms with E-state index in [9.17, 15) is 22.0 Å². The average molecular weight is 461 g/mol. The Balaban J connectivity index is 2.27. The summed E-state index contributed by atoms with van der Waals surface area (Å²) < 4.78 is 54.4. The third kappa shape index (κ3) is 4.91. The summed E-state index contributed by atoms with van der Waals surface area (Å²) in [6.45, 7) is 3.84. The topological polar surface area (TPSA) is 66.5 Å². The Labute approximate surface area is 165 Å². The molecule has 0 saturated heterocycles. The highest BCUT2D eigenvalue weighted by Crippen LogP contribution is 2.20. The molecule has 0 aliphatic heterocycles. The van der Waals surface area contributed by atoms with Crippen molar-refractivity contribution in [2.75, 3.05) is 13.1 Å². The Morgan fingerprint density at radius 2 is 1.78 bits per heavy atom. The van der Waals surface area contributed by atoms with E-state index in [0.717, 1.165) is 18.2 Å². The molecule has 0 spiro atoms. The Hall–Kier alpha value is -1.84. The van der Waals surface area contributed by atoms with Gasteiger partial charge in [0.15, 0.2) is 0 Å². The molecule has 0 fully saturated rings. The second kappa shape index (κ2) is 8.90. The highest BCUT2D eigenvalue weighted by atomic mass is 79.9. The fourth-order valence-electron chi connectivity index (χ4n) is 2.50. The average Bonchev–Trinajstić information content (AvgIpc) is 2.63. The van der Waals surface area contributed by atoms with E-state index < -0.39 is 33.1 Å². The second-order valence-electron chi connectivity index (χ2n) is 5.65. The summed E-state index contributed by atoms with van der Waals surface area (Å²) in [6.07, 6.45) is 0. The summed E-state index contributed by atoms with van der Waals surface area (Å²) in [7, 11) is -3.82. The monoisotopic (exact) mass is 460 g/mol. The van der Waals surface area contributed by atoms with E-state index in [2.05, 4.69) is 21.2 Å². The van der Waals surface area contributed by atoms with E-state index >= 15 is 0 Å². The maximum absolute atomic E-state index is 14.1. The lowest BCUT2D eigenvalue weighted by atomic mass is 10.2. The molecule has 0 atom stereocenters. The van der Waals surface area contributed by atoms with Gasteiger partial charge in [-0.15, -0.1) is 0 Å².